The number of nitrogens with zero attached hydrogens (tertiary/aromatic N) is 1. The molecule has 82 valence electrons. The monoisotopic (exact) mass is 208 g/mol. The van der Waals surface area contributed by atoms with Crippen LogP contribution in [0.2, 0.25) is 0 Å². The average Bonchev–Trinajstić information content (AvgIpc) is 2.61. The van der Waals surface area contributed by atoms with Gasteiger partial charge in [-0.2, -0.15) is 0 Å². The van der Waals surface area contributed by atoms with E-state index < -0.39 is 0 Å². The highest BCUT2D eigenvalue weighted by atomic mass is 19.1. The molecule has 1 unspecified atom stereocenters. The summed E-state index contributed by atoms with van der Waals surface area (Å²) < 4.78 is 13.8. The van der Waals surface area contributed by atoms with Gasteiger partial charge in [-0.25, -0.2) is 4.39 Å². The van der Waals surface area contributed by atoms with Crippen LogP contribution in [0.5, 0.6) is 0 Å². The predicted octanol–water partition coefficient (Wildman–Crippen LogP) is 1.71. The zero-order valence-electron chi connectivity index (χ0n) is 9.04. The smallest absolute Gasteiger partial charge is 0.128 e. The van der Waals surface area contributed by atoms with Gasteiger partial charge in [-0.1, -0.05) is 18.2 Å². The summed E-state index contributed by atoms with van der Waals surface area (Å²) in [7, 11) is 2.02. The molecule has 0 aliphatic carbocycles. The Morgan fingerprint density at radius 1 is 1.47 bits per heavy atom. The summed E-state index contributed by atoms with van der Waals surface area (Å²) in [5, 5.41) is 0. The van der Waals surface area contributed by atoms with Crippen LogP contribution in [0.15, 0.2) is 24.3 Å². The standard InChI is InChI=1S/C12H17FN2/c1-15-8-4-7-12(15,9-14)10-5-2-3-6-11(10)13/h2-3,5-6H,4,7-9,14H2,1H3. The number of benzene rings is 1. The highest BCUT2D eigenvalue weighted by molar-refractivity contribution is 5.28. The molecule has 3 heteroatoms. The molecule has 1 aromatic rings. The molecule has 0 saturated carbocycles. The van der Waals surface area contributed by atoms with E-state index in [0.717, 1.165) is 24.9 Å². The minimum Gasteiger partial charge on any atom is -0.328 e. The van der Waals surface area contributed by atoms with Crippen molar-refractivity contribution < 1.29 is 4.39 Å². The van der Waals surface area contributed by atoms with Gasteiger partial charge >= 0.3 is 0 Å². The summed E-state index contributed by atoms with van der Waals surface area (Å²) in [6.07, 6.45) is 2.03. The summed E-state index contributed by atoms with van der Waals surface area (Å²) >= 11 is 0. The molecule has 1 aromatic carbocycles. The number of hydrogen-bond acceptors (Lipinski definition) is 2. The van der Waals surface area contributed by atoms with E-state index >= 15 is 0 Å². The van der Waals surface area contributed by atoms with Crippen LogP contribution in [0.3, 0.4) is 0 Å². The van der Waals surface area contributed by atoms with Crippen LogP contribution >= 0.6 is 0 Å². The van der Waals surface area contributed by atoms with Crippen LogP contribution in [0, 0.1) is 5.82 Å². The Labute approximate surface area is 89.9 Å². The maximum absolute atomic E-state index is 13.8. The molecule has 0 radical (unpaired) electrons. The minimum absolute atomic E-state index is 0.142. The van der Waals surface area contributed by atoms with Gasteiger partial charge in [-0.15, -0.1) is 0 Å². The summed E-state index contributed by atoms with van der Waals surface area (Å²) in [5.74, 6) is -0.142. The number of halogens is 1. The normalized spacial score (nSPS) is 27.1. The van der Waals surface area contributed by atoms with Crippen LogP contribution in [0.4, 0.5) is 4.39 Å². The molecule has 1 fully saturated rings. The van der Waals surface area contributed by atoms with Gasteiger partial charge in [0.1, 0.15) is 5.82 Å². The molecule has 2 nitrogen and oxygen atoms in total. The molecule has 1 aliphatic heterocycles. The van der Waals surface area contributed by atoms with E-state index in [4.69, 9.17) is 5.73 Å². The Bertz CT molecular complexity index is 353. The van der Waals surface area contributed by atoms with Crippen molar-refractivity contribution in [2.24, 2.45) is 5.73 Å². The van der Waals surface area contributed by atoms with Gasteiger partial charge in [0.2, 0.25) is 0 Å². The molecule has 1 heterocycles. The Hall–Kier alpha value is -0.930. The summed E-state index contributed by atoms with van der Waals surface area (Å²) in [4.78, 5) is 2.17. The van der Waals surface area contributed by atoms with Crippen LogP contribution in [-0.4, -0.2) is 25.0 Å². The van der Waals surface area contributed by atoms with Gasteiger partial charge < -0.3 is 5.73 Å². The lowest BCUT2D eigenvalue weighted by Crippen LogP contribution is -2.45. The van der Waals surface area contributed by atoms with Gasteiger partial charge in [-0.3, -0.25) is 4.90 Å². The topological polar surface area (TPSA) is 29.3 Å². The first kappa shape index (κ1) is 10.6. The van der Waals surface area contributed by atoms with Crippen molar-refractivity contribution in [3.63, 3.8) is 0 Å². The molecule has 0 aromatic heterocycles. The van der Waals surface area contributed by atoms with Crippen molar-refractivity contribution in [2.75, 3.05) is 20.1 Å². The van der Waals surface area contributed by atoms with Gasteiger partial charge in [-0.05, 0) is 32.5 Å². The van der Waals surface area contributed by atoms with Gasteiger partial charge in [0.05, 0.1) is 5.54 Å². The number of rotatable bonds is 2. The van der Waals surface area contributed by atoms with E-state index in [9.17, 15) is 4.39 Å². The van der Waals surface area contributed by atoms with E-state index in [1.54, 1.807) is 6.07 Å². The number of likely N-dealkylation sites (tertiary alicyclic amines) is 1. The van der Waals surface area contributed by atoms with E-state index in [2.05, 4.69) is 4.90 Å². The fourth-order valence-electron chi connectivity index (χ4n) is 2.56. The van der Waals surface area contributed by atoms with Gasteiger partial charge in [0, 0.05) is 12.1 Å². The van der Waals surface area contributed by atoms with Crippen molar-refractivity contribution in [1.82, 2.24) is 4.90 Å². The largest absolute Gasteiger partial charge is 0.328 e. The van der Waals surface area contributed by atoms with Crippen molar-refractivity contribution >= 4 is 0 Å². The zero-order valence-corrected chi connectivity index (χ0v) is 9.04. The SMILES string of the molecule is CN1CCCC1(CN)c1ccccc1F. The summed E-state index contributed by atoms with van der Waals surface area (Å²) in [5.41, 5.74) is 6.31. The first-order valence-corrected chi connectivity index (χ1v) is 5.37. The molecule has 1 saturated heterocycles. The Morgan fingerprint density at radius 3 is 2.73 bits per heavy atom. The third-order valence-electron chi connectivity index (χ3n) is 3.53. The maximum atomic E-state index is 13.8. The first-order valence-electron chi connectivity index (χ1n) is 5.37. The number of hydrogen-bond donors (Lipinski definition) is 1. The van der Waals surface area contributed by atoms with Crippen molar-refractivity contribution in [3.05, 3.63) is 35.6 Å². The van der Waals surface area contributed by atoms with Crippen LogP contribution < -0.4 is 5.73 Å². The average molecular weight is 208 g/mol. The zero-order chi connectivity index (χ0) is 10.9. The molecule has 0 amide bonds. The molecular formula is C12H17FN2. The molecule has 2 rings (SSSR count). The Balaban J connectivity index is 2.47. The van der Waals surface area contributed by atoms with Crippen molar-refractivity contribution in [2.45, 2.75) is 18.4 Å². The van der Waals surface area contributed by atoms with E-state index in [-0.39, 0.29) is 11.4 Å². The Kier molecular flexibility index (Phi) is 2.76. The van der Waals surface area contributed by atoms with E-state index in [1.807, 2.05) is 19.2 Å². The number of nitrogens with two attached hydrogens (primary N) is 1. The van der Waals surface area contributed by atoms with Crippen LogP contribution in [0.1, 0.15) is 18.4 Å². The molecule has 0 bridgehead atoms. The lowest BCUT2D eigenvalue weighted by Gasteiger charge is -2.35. The third-order valence-corrected chi connectivity index (χ3v) is 3.53. The minimum atomic E-state index is -0.286. The number of likely N-dealkylation sites (N-methyl/N-ethyl adjacent to an activating group) is 1. The second kappa shape index (κ2) is 3.91. The van der Waals surface area contributed by atoms with Gasteiger partial charge in [0.25, 0.3) is 0 Å². The highest BCUT2D eigenvalue weighted by Gasteiger charge is 2.40. The molecule has 1 atom stereocenters. The van der Waals surface area contributed by atoms with Crippen LogP contribution in [0.25, 0.3) is 0 Å². The van der Waals surface area contributed by atoms with Crippen molar-refractivity contribution in [3.8, 4) is 0 Å². The quantitative estimate of drug-likeness (QED) is 0.801. The lowest BCUT2D eigenvalue weighted by atomic mass is 9.87. The fraction of sp³-hybridized carbons (Fsp3) is 0.500. The third kappa shape index (κ3) is 1.56. The molecule has 1 aliphatic rings. The Morgan fingerprint density at radius 2 is 2.20 bits per heavy atom. The molecule has 2 N–H and O–H groups in total. The molecule has 0 spiro atoms. The maximum Gasteiger partial charge on any atom is 0.128 e. The second-order valence-corrected chi connectivity index (χ2v) is 4.24. The van der Waals surface area contributed by atoms with E-state index in [0.29, 0.717) is 6.54 Å². The molecular weight excluding hydrogens is 191 g/mol. The van der Waals surface area contributed by atoms with Crippen molar-refractivity contribution in [1.29, 1.82) is 0 Å². The summed E-state index contributed by atoms with van der Waals surface area (Å²) in [6.45, 7) is 1.47. The van der Waals surface area contributed by atoms with E-state index in [1.165, 1.54) is 6.07 Å². The lowest BCUT2D eigenvalue weighted by molar-refractivity contribution is 0.177. The van der Waals surface area contributed by atoms with Gasteiger partial charge in [0.15, 0.2) is 0 Å². The first-order chi connectivity index (χ1) is 7.20. The predicted molar refractivity (Wildman–Crippen MR) is 59.0 cm³/mol. The fourth-order valence-corrected chi connectivity index (χ4v) is 2.56. The highest BCUT2D eigenvalue weighted by Crippen LogP contribution is 2.37. The van der Waals surface area contributed by atoms with Crippen LogP contribution in [-0.2, 0) is 5.54 Å². The summed E-state index contributed by atoms with van der Waals surface area (Å²) in [6, 6.07) is 6.96. The second-order valence-electron chi connectivity index (χ2n) is 4.24. The molecule has 15 heavy (non-hydrogen) atoms.